The Hall–Kier alpha value is -0.670. The van der Waals surface area contributed by atoms with Crippen molar-refractivity contribution in [2.24, 2.45) is 16.9 Å². The first-order chi connectivity index (χ1) is 5.14. The molecule has 2 nitrogen and oxygen atoms in total. The van der Waals surface area contributed by atoms with Gasteiger partial charge < -0.3 is 0 Å². The number of rotatable bonds is 1. The number of alkyl halides is 2. The molecule has 0 amide bonds. The van der Waals surface area contributed by atoms with Crippen molar-refractivity contribution in [3.8, 4) is 0 Å². The molecule has 3 fully saturated rings. The van der Waals surface area contributed by atoms with Gasteiger partial charge in [0.25, 0.3) is 5.92 Å². The second-order valence-corrected chi connectivity index (χ2v) is 3.32. The molecule has 0 spiro atoms. The lowest BCUT2D eigenvalue weighted by Crippen LogP contribution is -2.61. The largest absolute Gasteiger partial charge is 0.297 e. The number of halogens is 2. The molecule has 62 valence electrons. The SMILES string of the molecule is C=NN1CC2CC(C1)C2(F)F. The van der Waals surface area contributed by atoms with Gasteiger partial charge in [-0.15, -0.1) is 0 Å². The van der Waals surface area contributed by atoms with E-state index in [4.69, 9.17) is 0 Å². The molecule has 2 bridgehead atoms. The molecular formula is C7H10F2N2. The van der Waals surface area contributed by atoms with Gasteiger partial charge in [0, 0.05) is 31.6 Å². The quantitative estimate of drug-likeness (QED) is 0.526. The summed E-state index contributed by atoms with van der Waals surface area (Å²) < 4.78 is 25.7. The zero-order valence-corrected chi connectivity index (χ0v) is 6.13. The van der Waals surface area contributed by atoms with Gasteiger partial charge in [0.1, 0.15) is 0 Å². The van der Waals surface area contributed by atoms with Crippen molar-refractivity contribution < 1.29 is 8.78 Å². The van der Waals surface area contributed by atoms with Gasteiger partial charge in [-0.2, -0.15) is 5.10 Å². The number of hydrazone groups is 1. The maximum Gasteiger partial charge on any atom is 0.257 e. The monoisotopic (exact) mass is 160 g/mol. The Balaban J connectivity index is 2.07. The van der Waals surface area contributed by atoms with E-state index in [2.05, 4.69) is 11.8 Å². The van der Waals surface area contributed by atoms with E-state index in [0.29, 0.717) is 19.5 Å². The Labute approximate surface area is 63.9 Å². The highest BCUT2D eigenvalue weighted by molar-refractivity contribution is 5.23. The molecule has 2 aliphatic heterocycles. The van der Waals surface area contributed by atoms with Crippen LogP contribution in [0.1, 0.15) is 6.42 Å². The van der Waals surface area contributed by atoms with Crippen LogP contribution in [0.4, 0.5) is 8.78 Å². The summed E-state index contributed by atoms with van der Waals surface area (Å²) in [5.74, 6) is -3.35. The van der Waals surface area contributed by atoms with Crippen molar-refractivity contribution in [1.29, 1.82) is 0 Å². The molecular weight excluding hydrogens is 150 g/mol. The van der Waals surface area contributed by atoms with E-state index in [-0.39, 0.29) is 0 Å². The van der Waals surface area contributed by atoms with Crippen LogP contribution in [0.15, 0.2) is 5.10 Å². The molecule has 0 N–H and O–H groups in total. The molecule has 2 saturated heterocycles. The number of fused-ring (bicyclic) bond motifs is 2. The van der Waals surface area contributed by atoms with Crippen LogP contribution < -0.4 is 0 Å². The number of hydrogen-bond donors (Lipinski definition) is 0. The third-order valence-electron chi connectivity index (χ3n) is 2.72. The zero-order chi connectivity index (χ0) is 8.06. The number of piperidine rings is 2. The summed E-state index contributed by atoms with van der Waals surface area (Å²) in [5.41, 5.74) is 0. The minimum atomic E-state index is -2.42. The van der Waals surface area contributed by atoms with E-state index in [1.165, 1.54) is 0 Å². The minimum Gasteiger partial charge on any atom is -0.297 e. The third-order valence-corrected chi connectivity index (χ3v) is 2.72. The van der Waals surface area contributed by atoms with Gasteiger partial charge in [-0.25, -0.2) is 8.78 Å². The van der Waals surface area contributed by atoms with Crippen molar-refractivity contribution in [2.45, 2.75) is 12.3 Å². The van der Waals surface area contributed by atoms with Crippen molar-refractivity contribution in [3.63, 3.8) is 0 Å². The van der Waals surface area contributed by atoms with Crippen LogP contribution in [0, 0.1) is 11.8 Å². The highest BCUT2D eigenvalue weighted by Crippen LogP contribution is 2.52. The van der Waals surface area contributed by atoms with Crippen molar-refractivity contribution in [3.05, 3.63) is 0 Å². The first-order valence-electron chi connectivity index (χ1n) is 3.74. The molecule has 0 aromatic carbocycles. The summed E-state index contributed by atoms with van der Waals surface area (Å²) in [6.45, 7) is 4.08. The predicted octanol–water partition coefficient (Wildman–Crippen LogP) is 1.19. The van der Waals surface area contributed by atoms with E-state index in [1.807, 2.05) is 0 Å². The Kier molecular flexibility index (Phi) is 1.23. The van der Waals surface area contributed by atoms with Gasteiger partial charge in [-0.05, 0) is 6.42 Å². The summed E-state index contributed by atoms with van der Waals surface area (Å²) in [7, 11) is 0. The van der Waals surface area contributed by atoms with Gasteiger partial charge in [0.05, 0.1) is 0 Å². The molecule has 3 aliphatic rings. The van der Waals surface area contributed by atoms with E-state index in [9.17, 15) is 8.78 Å². The molecule has 2 atom stereocenters. The van der Waals surface area contributed by atoms with Gasteiger partial charge in [-0.1, -0.05) is 0 Å². The molecule has 0 radical (unpaired) electrons. The second-order valence-electron chi connectivity index (χ2n) is 3.32. The van der Waals surface area contributed by atoms with Crippen LogP contribution in [0.25, 0.3) is 0 Å². The highest BCUT2D eigenvalue weighted by atomic mass is 19.3. The normalized spacial score (nSPS) is 39.6. The lowest BCUT2D eigenvalue weighted by molar-refractivity contribution is -0.226. The summed E-state index contributed by atoms with van der Waals surface area (Å²) in [4.78, 5) is 0. The lowest BCUT2D eigenvalue weighted by atomic mass is 9.67. The maximum atomic E-state index is 12.9. The molecule has 2 unspecified atom stereocenters. The van der Waals surface area contributed by atoms with Crippen molar-refractivity contribution in [1.82, 2.24) is 5.01 Å². The second kappa shape index (κ2) is 1.93. The number of nitrogens with zero attached hydrogens (tertiary/aromatic N) is 2. The molecule has 2 heterocycles. The van der Waals surface area contributed by atoms with Crippen LogP contribution in [0.5, 0.6) is 0 Å². The third kappa shape index (κ3) is 0.781. The Morgan fingerprint density at radius 2 is 1.91 bits per heavy atom. The van der Waals surface area contributed by atoms with Crippen LogP contribution in [0.3, 0.4) is 0 Å². The first kappa shape index (κ1) is 7.00. The zero-order valence-electron chi connectivity index (χ0n) is 6.13. The average molecular weight is 160 g/mol. The van der Waals surface area contributed by atoms with Crippen LogP contribution in [-0.4, -0.2) is 30.7 Å². The average Bonchev–Trinajstić information content (AvgIpc) is 2.04. The van der Waals surface area contributed by atoms with Crippen LogP contribution in [-0.2, 0) is 0 Å². The van der Waals surface area contributed by atoms with E-state index in [0.717, 1.165) is 0 Å². The van der Waals surface area contributed by atoms with Gasteiger partial charge in [0.2, 0.25) is 0 Å². The van der Waals surface area contributed by atoms with Crippen molar-refractivity contribution >= 4 is 6.72 Å². The lowest BCUT2D eigenvalue weighted by Gasteiger charge is -2.51. The Bertz CT molecular complexity index is 179. The fraction of sp³-hybridized carbons (Fsp3) is 0.857. The molecule has 1 aliphatic carbocycles. The first-order valence-corrected chi connectivity index (χ1v) is 3.74. The van der Waals surface area contributed by atoms with Crippen molar-refractivity contribution in [2.75, 3.05) is 13.1 Å². The molecule has 0 aromatic rings. The fourth-order valence-electron chi connectivity index (χ4n) is 1.92. The number of hydrogen-bond acceptors (Lipinski definition) is 2. The van der Waals surface area contributed by atoms with Gasteiger partial charge >= 0.3 is 0 Å². The molecule has 11 heavy (non-hydrogen) atoms. The molecule has 0 aromatic heterocycles. The summed E-state index contributed by atoms with van der Waals surface area (Å²) >= 11 is 0. The summed E-state index contributed by atoms with van der Waals surface area (Å²) in [5, 5.41) is 5.28. The highest BCUT2D eigenvalue weighted by Gasteiger charge is 2.60. The standard InChI is InChI=1S/C7H10F2N2/c1-10-11-3-5-2-6(4-11)7(5,8)9/h5-6H,1-4H2. The fourth-order valence-corrected chi connectivity index (χ4v) is 1.92. The van der Waals surface area contributed by atoms with E-state index < -0.39 is 17.8 Å². The predicted molar refractivity (Wildman–Crippen MR) is 37.7 cm³/mol. The van der Waals surface area contributed by atoms with Crippen LogP contribution >= 0.6 is 0 Å². The minimum absolute atomic E-state index is 0.382. The smallest absolute Gasteiger partial charge is 0.257 e. The molecule has 3 rings (SSSR count). The topological polar surface area (TPSA) is 15.6 Å². The van der Waals surface area contributed by atoms with Crippen LogP contribution in [0.2, 0.25) is 0 Å². The molecule has 4 heteroatoms. The summed E-state index contributed by atoms with van der Waals surface area (Å²) in [6, 6.07) is 0. The summed E-state index contributed by atoms with van der Waals surface area (Å²) in [6.07, 6.45) is 0.666. The van der Waals surface area contributed by atoms with E-state index >= 15 is 0 Å². The molecule has 1 saturated carbocycles. The van der Waals surface area contributed by atoms with E-state index in [1.54, 1.807) is 5.01 Å². The van der Waals surface area contributed by atoms with Gasteiger partial charge in [-0.3, -0.25) is 5.01 Å². The maximum absolute atomic E-state index is 12.9. The Morgan fingerprint density at radius 1 is 1.36 bits per heavy atom. The van der Waals surface area contributed by atoms with Gasteiger partial charge in [0.15, 0.2) is 0 Å². The Morgan fingerprint density at radius 3 is 2.27 bits per heavy atom.